The van der Waals surface area contributed by atoms with E-state index in [2.05, 4.69) is 20.9 Å². The number of anilines is 1. The molecule has 240 valence electrons. The number of hydrogen-bond donors (Lipinski definition) is 6. The Morgan fingerprint density at radius 3 is 2.23 bits per heavy atom. The number of aliphatic carboxylic acids is 1. The van der Waals surface area contributed by atoms with E-state index in [1.54, 1.807) is 24.3 Å². The number of unbranched alkanes of at least 4 members (excludes halogenated alkanes) is 1. The lowest BCUT2D eigenvalue weighted by Gasteiger charge is -2.19. The molecule has 0 radical (unpaired) electrons. The molecule has 13 heteroatoms. The van der Waals surface area contributed by atoms with Crippen LogP contribution in [0.1, 0.15) is 69.8 Å². The highest BCUT2D eigenvalue weighted by atomic mass is 32.2. The smallest absolute Gasteiger partial charge is 0.306 e. The van der Waals surface area contributed by atoms with E-state index in [4.69, 9.17) is 11.1 Å². The molecule has 0 aliphatic rings. The van der Waals surface area contributed by atoms with Crippen LogP contribution in [0.5, 0.6) is 0 Å². The summed E-state index contributed by atoms with van der Waals surface area (Å²) in [5.74, 6) is -2.42. The molecule has 0 heterocycles. The van der Waals surface area contributed by atoms with Gasteiger partial charge in [0, 0.05) is 49.5 Å². The molecule has 12 nitrogen and oxygen atoms in total. The molecule has 0 fully saturated rings. The van der Waals surface area contributed by atoms with Crippen molar-refractivity contribution in [1.29, 1.82) is 5.41 Å². The molecule has 2 atom stereocenters. The fraction of sp³-hybridized carbons (Fsp3) is 0.600. The highest BCUT2D eigenvalue weighted by Crippen LogP contribution is 2.16. The SMILES string of the molecule is CSCC(=O)NC(CCCN(C)C)CCC(=O)NCCCCC(CC(=O)CCC(=O)Nc1ccc(C(=N)N)cc1)C(=O)O. The van der Waals surface area contributed by atoms with Crippen LogP contribution >= 0.6 is 11.8 Å². The number of thioether (sulfide) groups is 1. The number of nitrogens with one attached hydrogen (secondary N) is 4. The number of rotatable bonds is 23. The van der Waals surface area contributed by atoms with Gasteiger partial charge in [-0.15, -0.1) is 0 Å². The molecule has 1 rings (SSSR count). The summed E-state index contributed by atoms with van der Waals surface area (Å²) in [6.45, 7) is 1.30. The minimum Gasteiger partial charge on any atom is -0.481 e. The summed E-state index contributed by atoms with van der Waals surface area (Å²) in [6, 6.07) is 6.36. The van der Waals surface area contributed by atoms with Gasteiger partial charge in [0.25, 0.3) is 0 Å². The number of nitrogen functional groups attached to an aromatic ring is 1. The van der Waals surface area contributed by atoms with Crippen molar-refractivity contribution in [3.05, 3.63) is 29.8 Å². The van der Waals surface area contributed by atoms with Crippen molar-refractivity contribution in [2.45, 2.75) is 70.3 Å². The zero-order valence-corrected chi connectivity index (χ0v) is 26.4. The number of carboxylic acid groups (broad SMARTS) is 1. The lowest BCUT2D eigenvalue weighted by molar-refractivity contribution is -0.144. The van der Waals surface area contributed by atoms with Gasteiger partial charge in [-0.3, -0.25) is 29.4 Å². The molecule has 0 saturated carbocycles. The summed E-state index contributed by atoms with van der Waals surface area (Å²) in [7, 11) is 3.99. The summed E-state index contributed by atoms with van der Waals surface area (Å²) < 4.78 is 0. The average Bonchev–Trinajstić information content (AvgIpc) is 2.94. The summed E-state index contributed by atoms with van der Waals surface area (Å²) in [4.78, 5) is 62.7. The van der Waals surface area contributed by atoms with E-state index in [9.17, 15) is 29.1 Å². The first kappa shape index (κ1) is 37.6. The maximum Gasteiger partial charge on any atom is 0.306 e. The van der Waals surface area contributed by atoms with Crippen LogP contribution in [0, 0.1) is 11.3 Å². The van der Waals surface area contributed by atoms with Crippen LogP contribution in [-0.2, 0) is 24.0 Å². The van der Waals surface area contributed by atoms with Crippen molar-refractivity contribution in [2.24, 2.45) is 11.7 Å². The van der Waals surface area contributed by atoms with Crippen molar-refractivity contribution < 1.29 is 29.1 Å². The Hall–Kier alpha value is -3.45. The van der Waals surface area contributed by atoms with Crippen LogP contribution in [0.15, 0.2) is 24.3 Å². The molecule has 0 spiro atoms. The molecule has 0 bridgehead atoms. The molecule has 0 aromatic heterocycles. The van der Waals surface area contributed by atoms with E-state index in [0.29, 0.717) is 49.2 Å². The van der Waals surface area contributed by atoms with Crippen LogP contribution in [0.25, 0.3) is 0 Å². The van der Waals surface area contributed by atoms with Gasteiger partial charge in [-0.2, -0.15) is 11.8 Å². The molecule has 2 unspecified atom stereocenters. The average molecular weight is 621 g/mol. The minimum absolute atomic E-state index is 0.0326. The second-order valence-corrected chi connectivity index (χ2v) is 11.7. The fourth-order valence-corrected chi connectivity index (χ4v) is 4.73. The van der Waals surface area contributed by atoms with E-state index in [1.165, 1.54) is 11.8 Å². The number of amidine groups is 1. The Bertz CT molecular complexity index is 1070. The number of nitrogens with zero attached hydrogens (tertiary/aromatic N) is 1. The molecular formula is C30H48N6O6S. The molecule has 0 saturated heterocycles. The lowest BCUT2D eigenvalue weighted by Crippen LogP contribution is -2.37. The van der Waals surface area contributed by atoms with E-state index < -0.39 is 11.9 Å². The normalized spacial score (nSPS) is 12.3. The van der Waals surface area contributed by atoms with Gasteiger partial charge in [0.1, 0.15) is 11.6 Å². The molecule has 1 aromatic carbocycles. The Morgan fingerprint density at radius 1 is 0.930 bits per heavy atom. The highest BCUT2D eigenvalue weighted by Gasteiger charge is 2.21. The Kier molecular flexibility index (Phi) is 18.6. The number of amides is 3. The third-order valence-corrected chi connectivity index (χ3v) is 7.30. The van der Waals surface area contributed by atoms with Crippen LogP contribution in [0.3, 0.4) is 0 Å². The second kappa shape index (κ2) is 21.3. The third-order valence-electron chi connectivity index (χ3n) is 6.75. The number of nitrogens with two attached hydrogens (primary N) is 1. The van der Waals surface area contributed by atoms with Crippen LogP contribution < -0.4 is 21.7 Å². The summed E-state index contributed by atoms with van der Waals surface area (Å²) in [6.07, 6.45) is 5.52. The maximum atomic E-state index is 12.4. The quantitative estimate of drug-likeness (QED) is 0.0605. The zero-order chi connectivity index (χ0) is 32.2. The van der Waals surface area contributed by atoms with Crippen LogP contribution in [0.2, 0.25) is 0 Å². The van der Waals surface area contributed by atoms with Gasteiger partial charge < -0.3 is 31.7 Å². The first-order valence-corrected chi connectivity index (χ1v) is 16.0. The zero-order valence-electron chi connectivity index (χ0n) is 25.6. The second-order valence-electron chi connectivity index (χ2n) is 10.8. The fourth-order valence-electron chi connectivity index (χ4n) is 4.38. The molecule has 1 aromatic rings. The number of hydrogen-bond acceptors (Lipinski definition) is 8. The van der Waals surface area contributed by atoms with Crippen LogP contribution in [0.4, 0.5) is 5.69 Å². The standard InChI is InChI=1S/C30H48N6O6S/c1-36(2)18-6-8-23(35-28(40)20-43-3)13-15-26(38)33-17-5-4-7-22(30(41)42)19-25(37)14-16-27(39)34-24-11-9-21(10-12-24)29(31)32/h9-12,22-23H,4-8,13-20H2,1-3H3,(H3,31,32)(H,33,38)(H,34,39)(H,35,40)(H,41,42). The summed E-state index contributed by atoms with van der Waals surface area (Å²) in [5.41, 5.74) is 6.45. The summed E-state index contributed by atoms with van der Waals surface area (Å²) in [5, 5.41) is 25.5. The van der Waals surface area contributed by atoms with Crippen molar-refractivity contribution in [2.75, 3.05) is 44.5 Å². The number of Topliss-reactive ketones (excluding diaryl/α,β-unsaturated/α-hetero) is 1. The predicted octanol–water partition coefficient (Wildman–Crippen LogP) is 2.61. The predicted molar refractivity (Wildman–Crippen MR) is 170 cm³/mol. The topological polar surface area (TPSA) is 195 Å². The Labute approximate surface area is 258 Å². The Balaban J connectivity index is 2.34. The van der Waals surface area contributed by atoms with Gasteiger partial charge >= 0.3 is 5.97 Å². The van der Waals surface area contributed by atoms with Gasteiger partial charge in [0.15, 0.2) is 0 Å². The van der Waals surface area contributed by atoms with E-state index >= 15 is 0 Å². The summed E-state index contributed by atoms with van der Waals surface area (Å²) >= 11 is 1.45. The van der Waals surface area contributed by atoms with Crippen molar-refractivity contribution in [3.8, 4) is 0 Å². The van der Waals surface area contributed by atoms with E-state index in [-0.39, 0.29) is 61.1 Å². The molecule has 43 heavy (non-hydrogen) atoms. The number of carbonyl (C=O) groups excluding carboxylic acids is 4. The number of carboxylic acids is 1. The van der Waals surface area contributed by atoms with Gasteiger partial charge in [0.05, 0.1) is 11.7 Å². The van der Waals surface area contributed by atoms with Gasteiger partial charge in [-0.05, 0) is 83.3 Å². The third kappa shape index (κ3) is 18.0. The van der Waals surface area contributed by atoms with Gasteiger partial charge in [0.2, 0.25) is 17.7 Å². The van der Waals surface area contributed by atoms with Crippen molar-refractivity contribution in [3.63, 3.8) is 0 Å². The Morgan fingerprint density at radius 2 is 1.63 bits per heavy atom. The molecule has 0 aliphatic carbocycles. The van der Waals surface area contributed by atoms with E-state index in [0.717, 1.165) is 19.4 Å². The molecule has 0 aliphatic heterocycles. The monoisotopic (exact) mass is 620 g/mol. The first-order valence-electron chi connectivity index (χ1n) is 14.6. The first-order chi connectivity index (χ1) is 20.4. The van der Waals surface area contributed by atoms with E-state index in [1.807, 2.05) is 20.4 Å². The largest absolute Gasteiger partial charge is 0.481 e. The number of benzene rings is 1. The molecular weight excluding hydrogens is 572 g/mol. The van der Waals surface area contributed by atoms with Crippen LogP contribution in [-0.4, -0.2) is 90.6 Å². The van der Waals surface area contributed by atoms with Gasteiger partial charge in [-0.25, -0.2) is 0 Å². The lowest BCUT2D eigenvalue weighted by atomic mass is 9.94. The molecule has 3 amide bonds. The van der Waals surface area contributed by atoms with Gasteiger partial charge in [-0.1, -0.05) is 6.42 Å². The number of ketones is 1. The minimum atomic E-state index is -1.06. The maximum absolute atomic E-state index is 12.4. The van der Waals surface area contributed by atoms with Crippen molar-refractivity contribution >= 4 is 52.8 Å². The van der Waals surface area contributed by atoms with Crippen molar-refractivity contribution in [1.82, 2.24) is 15.5 Å². The highest BCUT2D eigenvalue weighted by molar-refractivity contribution is 7.99. The number of carbonyl (C=O) groups is 5. The molecule has 7 N–H and O–H groups in total.